The second-order valence-corrected chi connectivity index (χ2v) is 6.40. The standard InChI is InChI=1S/C20H19NO5/c1-13-17(7-4-8-18(13)21(24)25)20(23)26-12-19(22)16-10-9-14-5-2-3-6-15(14)11-16/h4,7-11H,2-3,5-6,12H2,1H3. The van der Waals surface area contributed by atoms with Crippen LogP contribution in [0, 0.1) is 17.0 Å². The minimum absolute atomic E-state index is 0.0949. The van der Waals surface area contributed by atoms with E-state index < -0.39 is 10.9 Å². The molecule has 0 N–H and O–H groups in total. The Morgan fingerprint density at radius 1 is 1.12 bits per heavy atom. The molecular formula is C20H19NO5. The van der Waals surface area contributed by atoms with E-state index in [0.717, 1.165) is 19.3 Å². The molecule has 1 aliphatic rings. The molecule has 26 heavy (non-hydrogen) atoms. The third kappa shape index (κ3) is 3.64. The molecule has 2 aromatic carbocycles. The number of nitrogens with zero attached hydrogens (tertiary/aromatic N) is 1. The van der Waals surface area contributed by atoms with Crippen molar-refractivity contribution >= 4 is 17.4 Å². The Morgan fingerprint density at radius 3 is 2.58 bits per heavy atom. The number of carbonyl (C=O) groups excluding carboxylic acids is 2. The number of aryl methyl sites for hydroxylation is 2. The molecule has 0 fully saturated rings. The lowest BCUT2D eigenvalue weighted by Gasteiger charge is -2.16. The zero-order chi connectivity index (χ0) is 18.7. The highest BCUT2D eigenvalue weighted by Gasteiger charge is 2.20. The lowest BCUT2D eigenvalue weighted by Crippen LogP contribution is -2.16. The summed E-state index contributed by atoms with van der Waals surface area (Å²) < 4.78 is 5.09. The smallest absolute Gasteiger partial charge is 0.339 e. The van der Waals surface area contributed by atoms with Gasteiger partial charge in [-0.05, 0) is 55.9 Å². The van der Waals surface area contributed by atoms with Crippen LogP contribution in [0.1, 0.15) is 50.2 Å². The van der Waals surface area contributed by atoms with Crippen LogP contribution in [0.2, 0.25) is 0 Å². The van der Waals surface area contributed by atoms with Gasteiger partial charge >= 0.3 is 5.97 Å². The number of hydrogen-bond donors (Lipinski definition) is 0. The fourth-order valence-electron chi connectivity index (χ4n) is 3.24. The molecule has 1 aliphatic carbocycles. The Kier molecular flexibility index (Phi) is 5.11. The number of hydrogen-bond acceptors (Lipinski definition) is 5. The molecule has 0 radical (unpaired) electrons. The SMILES string of the molecule is Cc1c(C(=O)OCC(=O)c2ccc3c(c2)CCCC3)cccc1[N+](=O)[O-]. The van der Waals surface area contributed by atoms with Crippen molar-refractivity contribution in [3.8, 4) is 0 Å². The van der Waals surface area contributed by atoms with Crippen LogP contribution in [0.25, 0.3) is 0 Å². The third-order valence-electron chi connectivity index (χ3n) is 4.73. The summed E-state index contributed by atoms with van der Waals surface area (Å²) in [5, 5.41) is 11.0. The van der Waals surface area contributed by atoms with Crippen LogP contribution in [0.5, 0.6) is 0 Å². The van der Waals surface area contributed by atoms with Crippen molar-refractivity contribution in [1.29, 1.82) is 0 Å². The van der Waals surface area contributed by atoms with E-state index in [2.05, 4.69) is 0 Å². The molecule has 0 unspecified atom stereocenters. The number of Topliss-reactive ketones (excluding diaryl/α,β-unsaturated/α-hetero) is 1. The molecular weight excluding hydrogens is 334 g/mol. The Morgan fingerprint density at radius 2 is 1.85 bits per heavy atom. The van der Waals surface area contributed by atoms with Gasteiger partial charge in [-0.1, -0.05) is 18.2 Å². The number of fused-ring (bicyclic) bond motifs is 1. The van der Waals surface area contributed by atoms with Crippen molar-refractivity contribution in [2.24, 2.45) is 0 Å². The average molecular weight is 353 g/mol. The van der Waals surface area contributed by atoms with Crippen LogP contribution in [0.15, 0.2) is 36.4 Å². The quantitative estimate of drug-likeness (QED) is 0.353. The van der Waals surface area contributed by atoms with Gasteiger partial charge in [0.2, 0.25) is 0 Å². The second kappa shape index (κ2) is 7.47. The minimum atomic E-state index is -0.738. The van der Waals surface area contributed by atoms with Crippen LogP contribution in [-0.4, -0.2) is 23.3 Å². The van der Waals surface area contributed by atoms with Gasteiger partial charge in [-0.25, -0.2) is 4.79 Å². The van der Waals surface area contributed by atoms with Crippen molar-refractivity contribution in [2.45, 2.75) is 32.6 Å². The number of nitro groups is 1. The summed E-state index contributed by atoms with van der Waals surface area (Å²) in [5.74, 6) is -1.02. The maximum Gasteiger partial charge on any atom is 0.339 e. The van der Waals surface area contributed by atoms with E-state index in [1.165, 1.54) is 42.7 Å². The Bertz CT molecular complexity index is 888. The summed E-state index contributed by atoms with van der Waals surface area (Å²) in [6, 6.07) is 9.81. The van der Waals surface area contributed by atoms with Crippen molar-refractivity contribution < 1.29 is 19.2 Å². The fraction of sp³-hybridized carbons (Fsp3) is 0.300. The number of rotatable bonds is 5. The van der Waals surface area contributed by atoms with Crippen LogP contribution < -0.4 is 0 Å². The van der Waals surface area contributed by atoms with Crippen LogP contribution in [-0.2, 0) is 17.6 Å². The van der Waals surface area contributed by atoms with E-state index in [-0.39, 0.29) is 29.2 Å². The highest BCUT2D eigenvalue weighted by molar-refractivity contribution is 6.00. The van der Waals surface area contributed by atoms with Gasteiger partial charge in [-0.2, -0.15) is 0 Å². The normalized spacial score (nSPS) is 13.0. The van der Waals surface area contributed by atoms with Crippen molar-refractivity contribution in [3.05, 3.63) is 74.3 Å². The summed E-state index contributed by atoms with van der Waals surface area (Å²) in [5.41, 5.74) is 3.15. The average Bonchev–Trinajstić information content (AvgIpc) is 2.65. The van der Waals surface area contributed by atoms with Gasteiger partial charge in [-0.3, -0.25) is 14.9 Å². The van der Waals surface area contributed by atoms with Crippen molar-refractivity contribution in [2.75, 3.05) is 6.61 Å². The van der Waals surface area contributed by atoms with E-state index in [1.807, 2.05) is 12.1 Å². The molecule has 0 amide bonds. The summed E-state index contributed by atoms with van der Waals surface area (Å²) in [7, 11) is 0. The third-order valence-corrected chi connectivity index (χ3v) is 4.73. The molecule has 2 aromatic rings. The van der Waals surface area contributed by atoms with Gasteiger partial charge in [-0.15, -0.1) is 0 Å². The van der Waals surface area contributed by atoms with Gasteiger partial charge in [0, 0.05) is 17.2 Å². The lowest BCUT2D eigenvalue weighted by atomic mass is 9.90. The fourth-order valence-corrected chi connectivity index (χ4v) is 3.24. The summed E-state index contributed by atoms with van der Waals surface area (Å²) in [6.07, 6.45) is 4.28. The van der Waals surface area contributed by atoms with Gasteiger partial charge in [0.25, 0.3) is 5.69 Å². The van der Waals surface area contributed by atoms with Crippen molar-refractivity contribution in [1.82, 2.24) is 0 Å². The maximum absolute atomic E-state index is 12.3. The second-order valence-electron chi connectivity index (χ2n) is 6.40. The first kappa shape index (κ1) is 17.8. The van der Waals surface area contributed by atoms with E-state index in [1.54, 1.807) is 6.07 Å². The topological polar surface area (TPSA) is 86.5 Å². The molecule has 6 heteroatoms. The zero-order valence-electron chi connectivity index (χ0n) is 14.5. The molecule has 3 rings (SSSR count). The number of nitro benzene ring substituents is 1. The van der Waals surface area contributed by atoms with E-state index >= 15 is 0 Å². The molecule has 0 aliphatic heterocycles. The molecule has 0 saturated heterocycles. The molecule has 0 bridgehead atoms. The Labute approximate surface area is 150 Å². The largest absolute Gasteiger partial charge is 0.454 e. The summed E-state index contributed by atoms with van der Waals surface area (Å²) in [4.78, 5) is 35.0. The van der Waals surface area contributed by atoms with Crippen molar-refractivity contribution in [3.63, 3.8) is 0 Å². The molecule has 0 spiro atoms. The molecule has 0 atom stereocenters. The van der Waals surface area contributed by atoms with E-state index in [4.69, 9.17) is 4.74 Å². The van der Waals surface area contributed by atoms with E-state index in [9.17, 15) is 19.7 Å². The van der Waals surface area contributed by atoms with Crippen LogP contribution in [0.4, 0.5) is 5.69 Å². The number of ether oxygens (including phenoxy) is 1. The van der Waals surface area contributed by atoms with Gasteiger partial charge in [0.1, 0.15) is 0 Å². The summed E-state index contributed by atoms with van der Waals surface area (Å²) >= 11 is 0. The monoisotopic (exact) mass is 353 g/mol. The summed E-state index contributed by atoms with van der Waals surface area (Å²) in [6.45, 7) is 1.10. The first-order valence-corrected chi connectivity index (χ1v) is 8.53. The number of esters is 1. The lowest BCUT2D eigenvalue weighted by molar-refractivity contribution is -0.385. The molecule has 0 saturated carbocycles. The Balaban J connectivity index is 1.69. The zero-order valence-corrected chi connectivity index (χ0v) is 14.5. The first-order chi connectivity index (χ1) is 12.5. The minimum Gasteiger partial charge on any atom is -0.454 e. The Hall–Kier alpha value is -3.02. The van der Waals surface area contributed by atoms with Crippen LogP contribution >= 0.6 is 0 Å². The molecule has 134 valence electrons. The number of carbonyl (C=O) groups is 2. The molecule has 6 nitrogen and oxygen atoms in total. The van der Waals surface area contributed by atoms with Crippen LogP contribution in [0.3, 0.4) is 0 Å². The predicted molar refractivity (Wildman–Crippen MR) is 95.5 cm³/mol. The maximum atomic E-state index is 12.3. The van der Waals surface area contributed by atoms with Gasteiger partial charge in [0.15, 0.2) is 12.4 Å². The highest BCUT2D eigenvalue weighted by atomic mass is 16.6. The van der Waals surface area contributed by atoms with E-state index in [0.29, 0.717) is 5.56 Å². The molecule has 0 aromatic heterocycles. The molecule has 0 heterocycles. The van der Waals surface area contributed by atoms with Gasteiger partial charge < -0.3 is 4.74 Å². The number of ketones is 1. The first-order valence-electron chi connectivity index (χ1n) is 8.53. The predicted octanol–water partition coefficient (Wildman–Crippen LogP) is 3.82. The number of benzene rings is 2. The highest BCUT2D eigenvalue weighted by Crippen LogP contribution is 2.23. The van der Waals surface area contributed by atoms with Gasteiger partial charge in [0.05, 0.1) is 10.5 Å².